The molecule has 0 saturated carbocycles. The van der Waals surface area contributed by atoms with Gasteiger partial charge in [0.2, 0.25) is 0 Å². The molecule has 0 radical (unpaired) electrons. The summed E-state index contributed by atoms with van der Waals surface area (Å²) in [4.78, 5) is 14.1. The number of hydrogen-bond donors (Lipinski definition) is 2. The summed E-state index contributed by atoms with van der Waals surface area (Å²) in [5.74, 6) is 1.15. The standard InChI is InChI=1S/C21H19N5O2/c22-14-26-11-10-15(13-26)23-21(27)19-12-18(24-25-19)17-8-4-5-9-20(17)28-16-6-2-1-3-7-16/h1-9,12,15H,10-11,13H2,(H,23,27)(H,24,25). The number of aromatic amines is 1. The molecule has 1 atom stereocenters. The molecule has 7 heteroatoms. The number of nitrogens with zero attached hydrogens (tertiary/aromatic N) is 3. The third kappa shape index (κ3) is 3.81. The molecule has 0 bridgehead atoms. The van der Waals surface area contributed by atoms with Gasteiger partial charge >= 0.3 is 0 Å². The Morgan fingerprint density at radius 2 is 2.00 bits per heavy atom. The maximum atomic E-state index is 12.5. The van der Waals surface area contributed by atoms with Crippen LogP contribution < -0.4 is 10.1 Å². The molecule has 3 aromatic rings. The van der Waals surface area contributed by atoms with Crippen molar-refractivity contribution in [2.24, 2.45) is 0 Å². The molecule has 1 amide bonds. The van der Waals surface area contributed by atoms with Crippen molar-refractivity contribution in [2.45, 2.75) is 12.5 Å². The van der Waals surface area contributed by atoms with E-state index in [0.717, 1.165) is 17.7 Å². The minimum absolute atomic E-state index is 0.0407. The highest BCUT2D eigenvalue weighted by atomic mass is 16.5. The van der Waals surface area contributed by atoms with Gasteiger partial charge in [0.15, 0.2) is 11.9 Å². The highest BCUT2D eigenvalue weighted by molar-refractivity contribution is 5.93. The van der Waals surface area contributed by atoms with Gasteiger partial charge in [-0.05, 0) is 36.8 Å². The second-order valence-corrected chi connectivity index (χ2v) is 6.58. The first-order chi connectivity index (χ1) is 13.7. The maximum Gasteiger partial charge on any atom is 0.272 e. The number of hydrogen-bond acceptors (Lipinski definition) is 5. The molecule has 2 heterocycles. The van der Waals surface area contributed by atoms with Gasteiger partial charge in [-0.1, -0.05) is 30.3 Å². The first-order valence-electron chi connectivity index (χ1n) is 9.06. The fourth-order valence-corrected chi connectivity index (χ4v) is 3.20. The molecule has 2 aromatic carbocycles. The molecule has 1 aliphatic heterocycles. The highest BCUT2D eigenvalue weighted by Crippen LogP contribution is 2.32. The Hall–Kier alpha value is -3.79. The van der Waals surface area contributed by atoms with E-state index in [1.54, 1.807) is 11.0 Å². The molecule has 1 aromatic heterocycles. The lowest BCUT2D eigenvalue weighted by atomic mass is 10.1. The summed E-state index contributed by atoms with van der Waals surface area (Å²) in [5, 5.41) is 18.9. The van der Waals surface area contributed by atoms with Crippen molar-refractivity contribution in [1.82, 2.24) is 20.4 Å². The van der Waals surface area contributed by atoms with Gasteiger partial charge < -0.3 is 15.0 Å². The van der Waals surface area contributed by atoms with Crippen LogP contribution in [0.1, 0.15) is 16.9 Å². The number of likely N-dealkylation sites (tertiary alicyclic amines) is 1. The summed E-state index contributed by atoms with van der Waals surface area (Å²) in [6.45, 7) is 1.20. The fourth-order valence-electron chi connectivity index (χ4n) is 3.20. The van der Waals surface area contributed by atoms with Crippen molar-refractivity contribution in [3.8, 4) is 28.9 Å². The van der Waals surface area contributed by atoms with Crippen LogP contribution in [-0.2, 0) is 0 Å². The largest absolute Gasteiger partial charge is 0.457 e. The van der Waals surface area contributed by atoms with Gasteiger partial charge in [-0.3, -0.25) is 9.89 Å². The third-order valence-electron chi connectivity index (χ3n) is 4.62. The molecule has 28 heavy (non-hydrogen) atoms. The Morgan fingerprint density at radius 3 is 2.79 bits per heavy atom. The number of carbonyl (C=O) groups is 1. The Bertz CT molecular complexity index is 1010. The van der Waals surface area contributed by atoms with Gasteiger partial charge in [-0.2, -0.15) is 10.4 Å². The molecule has 1 unspecified atom stereocenters. The van der Waals surface area contributed by atoms with Crippen LogP contribution in [0.15, 0.2) is 60.7 Å². The SMILES string of the molecule is N#CN1CCC(NC(=O)c2cc(-c3ccccc3Oc3ccccc3)[nH]n2)C1. The molecule has 1 saturated heterocycles. The van der Waals surface area contributed by atoms with E-state index in [9.17, 15) is 4.79 Å². The fraction of sp³-hybridized carbons (Fsp3) is 0.190. The summed E-state index contributed by atoms with van der Waals surface area (Å²) in [5.41, 5.74) is 1.82. The van der Waals surface area contributed by atoms with E-state index in [2.05, 4.69) is 21.7 Å². The number of ether oxygens (including phenoxy) is 1. The molecule has 1 fully saturated rings. The Kier molecular flexibility index (Phi) is 4.93. The smallest absolute Gasteiger partial charge is 0.272 e. The predicted molar refractivity (Wildman–Crippen MR) is 104 cm³/mol. The van der Waals surface area contributed by atoms with Crippen molar-refractivity contribution in [3.05, 3.63) is 66.4 Å². The molecule has 2 N–H and O–H groups in total. The van der Waals surface area contributed by atoms with Crippen LogP contribution >= 0.6 is 0 Å². The molecule has 1 aliphatic rings. The number of rotatable bonds is 5. The van der Waals surface area contributed by atoms with Gasteiger partial charge in [-0.25, -0.2) is 0 Å². The number of H-pyrrole nitrogens is 1. The van der Waals surface area contributed by atoms with Gasteiger partial charge in [0.05, 0.1) is 5.69 Å². The van der Waals surface area contributed by atoms with E-state index < -0.39 is 0 Å². The lowest BCUT2D eigenvalue weighted by Crippen LogP contribution is -2.36. The number of benzene rings is 2. The highest BCUT2D eigenvalue weighted by Gasteiger charge is 2.24. The summed E-state index contributed by atoms with van der Waals surface area (Å²) >= 11 is 0. The van der Waals surface area contributed by atoms with Gasteiger partial charge in [0.25, 0.3) is 5.91 Å². The number of nitrogens with one attached hydrogen (secondary N) is 2. The van der Waals surface area contributed by atoms with Crippen LogP contribution in [0.3, 0.4) is 0 Å². The maximum absolute atomic E-state index is 12.5. The number of para-hydroxylation sites is 2. The van der Waals surface area contributed by atoms with E-state index in [1.807, 2.05) is 54.6 Å². The van der Waals surface area contributed by atoms with Crippen LogP contribution in [0, 0.1) is 11.5 Å². The van der Waals surface area contributed by atoms with Crippen molar-refractivity contribution >= 4 is 5.91 Å². The number of nitriles is 1. The molecule has 7 nitrogen and oxygen atoms in total. The lowest BCUT2D eigenvalue weighted by Gasteiger charge is -2.10. The normalized spacial score (nSPS) is 15.8. The van der Waals surface area contributed by atoms with Crippen molar-refractivity contribution in [2.75, 3.05) is 13.1 Å². The van der Waals surface area contributed by atoms with E-state index in [0.29, 0.717) is 30.2 Å². The average Bonchev–Trinajstić information content (AvgIpc) is 3.39. The molecular weight excluding hydrogens is 354 g/mol. The Morgan fingerprint density at radius 1 is 1.21 bits per heavy atom. The molecular formula is C21H19N5O2. The lowest BCUT2D eigenvalue weighted by molar-refractivity contribution is 0.0933. The van der Waals surface area contributed by atoms with E-state index >= 15 is 0 Å². The monoisotopic (exact) mass is 373 g/mol. The van der Waals surface area contributed by atoms with Crippen LogP contribution in [0.5, 0.6) is 11.5 Å². The summed E-state index contributed by atoms with van der Waals surface area (Å²) < 4.78 is 5.98. The first kappa shape index (κ1) is 17.6. The van der Waals surface area contributed by atoms with Gasteiger partial charge in [-0.15, -0.1) is 0 Å². The van der Waals surface area contributed by atoms with E-state index in [1.165, 1.54) is 0 Å². The van der Waals surface area contributed by atoms with Crippen LogP contribution in [0.2, 0.25) is 0 Å². The van der Waals surface area contributed by atoms with Crippen LogP contribution in [0.4, 0.5) is 0 Å². The second kappa shape index (κ2) is 7.84. The third-order valence-corrected chi connectivity index (χ3v) is 4.62. The first-order valence-corrected chi connectivity index (χ1v) is 9.06. The topological polar surface area (TPSA) is 94.0 Å². The van der Waals surface area contributed by atoms with E-state index in [4.69, 9.17) is 10.00 Å². The summed E-state index contributed by atoms with van der Waals surface area (Å²) in [7, 11) is 0. The van der Waals surface area contributed by atoms with Crippen molar-refractivity contribution in [3.63, 3.8) is 0 Å². The zero-order chi connectivity index (χ0) is 19.3. The minimum atomic E-state index is -0.256. The van der Waals surface area contributed by atoms with Crippen molar-refractivity contribution < 1.29 is 9.53 Å². The molecule has 4 rings (SSSR count). The number of aromatic nitrogens is 2. The zero-order valence-corrected chi connectivity index (χ0v) is 15.1. The van der Waals surface area contributed by atoms with Crippen LogP contribution in [-0.4, -0.2) is 40.1 Å². The minimum Gasteiger partial charge on any atom is -0.457 e. The Labute approximate surface area is 162 Å². The number of amides is 1. The molecule has 0 aliphatic carbocycles. The van der Waals surface area contributed by atoms with Crippen molar-refractivity contribution in [1.29, 1.82) is 5.26 Å². The molecule has 140 valence electrons. The summed E-state index contributed by atoms with van der Waals surface area (Å²) in [6, 6.07) is 18.8. The predicted octanol–water partition coefficient (Wildman–Crippen LogP) is 3.15. The van der Waals surface area contributed by atoms with Crippen LogP contribution in [0.25, 0.3) is 11.3 Å². The summed E-state index contributed by atoms with van der Waals surface area (Å²) in [6.07, 6.45) is 2.86. The number of carbonyl (C=O) groups excluding carboxylic acids is 1. The average molecular weight is 373 g/mol. The van der Waals surface area contributed by atoms with E-state index in [-0.39, 0.29) is 11.9 Å². The van der Waals surface area contributed by atoms with Gasteiger partial charge in [0.1, 0.15) is 11.5 Å². The second-order valence-electron chi connectivity index (χ2n) is 6.58. The van der Waals surface area contributed by atoms with Gasteiger partial charge in [0, 0.05) is 24.7 Å². The quantitative estimate of drug-likeness (QED) is 0.670. The zero-order valence-electron chi connectivity index (χ0n) is 15.1. The Balaban J connectivity index is 1.50. The molecule has 0 spiro atoms.